The highest BCUT2D eigenvalue weighted by Crippen LogP contribution is 2.32. The highest BCUT2D eigenvalue weighted by atomic mass is 16.4. The summed E-state index contributed by atoms with van der Waals surface area (Å²) in [5, 5.41) is 13.0. The minimum absolute atomic E-state index is 0.246. The molecule has 2 aromatic carbocycles. The van der Waals surface area contributed by atoms with E-state index in [1.54, 1.807) is 6.20 Å². The van der Waals surface area contributed by atoms with E-state index in [1.165, 1.54) is 5.39 Å². The molecule has 1 unspecified atom stereocenters. The first-order chi connectivity index (χ1) is 15.2. The van der Waals surface area contributed by atoms with Crippen LogP contribution in [-0.2, 0) is 6.54 Å². The number of aromatic nitrogens is 2. The van der Waals surface area contributed by atoms with E-state index in [-0.39, 0.29) is 5.92 Å². The van der Waals surface area contributed by atoms with Crippen molar-refractivity contribution in [3.63, 3.8) is 0 Å². The van der Waals surface area contributed by atoms with E-state index < -0.39 is 6.10 Å². The Morgan fingerprint density at radius 3 is 2.61 bits per heavy atom. The van der Waals surface area contributed by atoms with Crippen LogP contribution < -0.4 is 0 Å². The number of hydrogen-bond donors (Lipinski definition) is 1. The zero-order valence-electron chi connectivity index (χ0n) is 17.7. The van der Waals surface area contributed by atoms with Gasteiger partial charge in [-0.05, 0) is 67.7 Å². The predicted molar refractivity (Wildman–Crippen MR) is 121 cm³/mol. The Balaban J connectivity index is 1.27. The van der Waals surface area contributed by atoms with Crippen LogP contribution in [0.4, 0.5) is 0 Å². The Morgan fingerprint density at radius 1 is 1.03 bits per heavy atom. The van der Waals surface area contributed by atoms with Gasteiger partial charge in [-0.15, -0.1) is 0 Å². The van der Waals surface area contributed by atoms with Crippen molar-refractivity contribution in [2.45, 2.75) is 32.4 Å². The van der Waals surface area contributed by atoms with Crippen molar-refractivity contribution in [3.8, 4) is 11.5 Å². The molecule has 0 bridgehead atoms. The van der Waals surface area contributed by atoms with Gasteiger partial charge in [-0.25, -0.2) is 4.98 Å². The Morgan fingerprint density at radius 2 is 1.81 bits per heavy atom. The molecule has 0 aliphatic carbocycles. The topological polar surface area (TPSA) is 62.4 Å². The van der Waals surface area contributed by atoms with Gasteiger partial charge in [0.2, 0.25) is 5.89 Å². The van der Waals surface area contributed by atoms with Crippen molar-refractivity contribution in [2.24, 2.45) is 5.92 Å². The normalized spacial score (nSPS) is 16.6. The number of benzene rings is 2. The van der Waals surface area contributed by atoms with Gasteiger partial charge in [0, 0.05) is 18.3 Å². The van der Waals surface area contributed by atoms with Crippen LogP contribution in [0.3, 0.4) is 0 Å². The zero-order valence-corrected chi connectivity index (χ0v) is 17.7. The molecule has 1 saturated heterocycles. The van der Waals surface area contributed by atoms with E-state index >= 15 is 0 Å². The Kier molecular flexibility index (Phi) is 5.53. The monoisotopic (exact) mass is 413 g/mol. The highest BCUT2D eigenvalue weighted by Gasteiger charge is 2.27. The summed E-state index contributed by atoms with van der Waals surface area (Å²) >= 11 is 0. The first-order valence-corrected chi connectivity index (χ1v) is 10.9. The molecule has 0 saturated carbocycles. The maximum Gasteiger partial charge on any atom is 0.227 e. The number of aryl methyl sites for hydroxylation is 1. The van der Waals surface area contributed by atoms with Crippen molar-refractivity contribution in [2.75, 3.05) is 13.1 Å². The molecule has 0 spiro atoms. The lowest BCUT2D eigenvalue weighted by Gasteiger charge is -2.33. The number of hydrogen-bond acceptors (Lipinski definition) is 5. The molecule has 0 amide bonds. The summed E-state index contributed by atoms with van der Waals surface area (Å²) in [6.07, 6.45) is 3.15. The molecule has 1 atom stereocenters. The van der Waals surface area contributed by atoms with Crippen LogP contribution >= 0.6 is 0 Å². The van der Waals surface area contributed by atoms with Gasteiger partial charge >= 0.3 is 0 Å². The second-order valence-electron chi connectivity index (χ2n) is 8.36. The van der Waals surface area contributed by atoms with Crippen molar-refractivity contribution in [1.82, 2.24) is 14.9 Å². The van der Waals surface area contributed by atoms with Gasteiger partial charge in [0.15, 0.2) is 0 Å². The van der Waals surface area contributed by atoms with E-state index in [1.807, 2.05) is 37.3 Å². The van der Waals surface area contributed by atoms with Crippen LogP contribution in [0.2, 0.25) is 0 Å². The molecule has 158 valence electrons. The summed E-state index contributed by atoms with van der Waals surface area (Å²) in [4.78, 5) is 11.6. The van der Waals surface area contributed by atoms with Gasteiger partial charge in [-0.1, -0.05) is 42.5 Å². The predicted octanol–water partition coefficient (Wildman–Crippen LogP) is 5.14. The van der Waals surface area contributed by atoms with E-state index in [0.29, 0.717) is 5.89 Å². The molecule has 5 heteroatoms. The molecule has 2 aromatic heterocycles. The molecule has 1 aliphatic heterocycles. The summed E-state index contributed by atoms with van der Waals surface area (Å²) in [5.41, 5.74) is 2.80. The zero-order chi connectivity index (χ0) is 21.2. The fraction of sp³-hybridized carbons (Fsp3) is 0.308. The molecular formula is C26H27N3O2. The summed E-state index contributed by atoms with van der Waals surface area (Å²) < 4.78 is 6.08. The summed E-state index contributed by atoms with van der Waals surface area (Å²) in [6.45, 7) is 4.63. The largest absolute Gasteiger partial charge is 0.441 e. The van der Waals surface area contributed by atoms with Crippen LogP contribution in [0, 0.1) is 12.8 Å². The third-order valence-electron chi connectivity index (χ3n) is 6.36. The van der Waals surface area contributed by atoms with Crippen LogP contribution in [-0.4, -0.2) is 33.1 Å². The van der Waals surface area contributed by atoms with Crippen LogP contribution in [0.15, 0.2) is 71.3 Å². The van der Waals surface area contributed by atoms with E-state index in [0.717, 1.165) is 60.6 Å². The van der Waals surface area contributed by atoms with Crippen molar-refractivity contribution in [3.05, 3.63) is 84.0 Å². The van der Waals surface area contributed by atoms with E-state index in [9.17, 15) is 5.11 Å². The standard InChI is InChI=1S/C26H27N3O2/c1-18-24(28-26(31-18)22-10-6-8-19-7-2-3-9-21(19)22)17-29-15-12-20(13-16-29)25(30)23-11-4-5-14-27-23/h2-11,14,20,25,30H,12-13,15-17H2,1H3. The molecule has 1 fully saturated rings. The lowest BCUT2D eigenvalue weighted by atomic mass is 9.89. The van der Waals surface area contributed by atoms with E-state index in [2.05, 4.69) is 40.2 Å². The van der Waals surface area contributed by atoms with Gasteiger partial charge in [0.1, 0.15) is 5.76 Å². The van der Waals surface area contributed by atoms with Gasteiger partial charge in [0.25, 0.3) is 0 Å². The molecule has 5 nitrogen and oxygen atoms in total. The molecule has 4 aromatic rings. The molecular weight excluding hydrogens is 386 g/mol. The third kappa shape index (κ3) is 4.11. The number of piperidine rings is 1. The number of nitrogens with zero attached hydrogens (tertiary/aromatic N) is 3. The SMILES string of the molecule is Cc1oc(-c2cccc3ccccc23)nc1CN1CCC(C(O)c2ccccn2)CC1. The van der Waals surface area contributed by atoms with Crippen molar-refractivity contribution in [1.29, 1.82) is 0 Å². The first-order valence-electron chi connectivity index (χ1n) is 10.9. The highest BCUT2D eigenvalue weighted by molar-refractivity contribution is 5.94. The summed E-state index contributed by atoms with van der Waals surface area (Å²) in [7, 11) is 0. The summed E-state index contributed by atoms with van der Waals surface area (Å²) in [6, 6.07) is 20.3. The number of rotatable bonds is 5. The van der Waals surface area contributed by atoms with Crippen molar-refractivity contribution < 1.29 is 9.52 Å². The fourth-order valence-corrected chi connectivity index (χ4v) is 4.53. The number of aliphatic hydroxyl groups is 1. The van der Waals surface area contributed by atoms with Gasteiger partial charge in [0.05, 0.1) is 17.5 Å². The molecule has 31 heavy (non-hydrogen) atoms. The summed E-state index contributed by atoms with van der Waals surface area (Å²) in [5.74, 6) is 1.80. The third-order valence-corrected chi connectivity index (χ3v) is 6.36. The van der Waals surface area contributed by atoms with Gasteiger partial charge in [-0.2, -0.15) is 0 Å². The maximum absolute atomic E-state index is 10.7. The minimum Gasteiger partial charge on any atom is -0.441 e. The smallest absolute Gasteiger partial charge is 0.227 e. The Bertz CT molecular complexity index is 1160. The number of likely N-dealkylation sites (tertiary alicyclic amines) is 1. The van der Waals surface area contributed by atoms with Crippen molar-refractivity contribution >= 4 is 10.8 Å². The number of oxazole rings is 1. The molecule has 1 N–H and O–H groups in total. The van der Waals surface area contributed by atoms with Gasteiger partial charge in [-0.3, -0.25) is 9.88 Å². The lowest BCUT2D eigenvalue weighted by molar-refractivity contribution is 0.0536. The molecule has 3 heterocycles. The molecule has 1 aliphatic rings. The number of fused-ring (bicyclic) bond motifs is 1. The molecule has 0 radical (unpaired) electrons. The van der Waals surface area contributed by atoms with Crippen LogP contribution in [0.5, 0.6) is 0 Å². The van der Waals surface area contributed by atoms with Crippen LogP contribution in [0.25, 0.3) is 22.2 Å². The lowest BCUT2D eigenvalue weighted by Crippen LogP contribution is -2.35. The second kappa shape index (κ2) is 8.61. The van der Waals surface area contributed by atoms with Gasteiger partial charge < -0.3 is 9.52 Å². The van der Waals surface area contributed by atoms with E-state index in [4.69, 9.17) is 9.40 Å². The number of aliphatic hydroxyl groups excluding tert-OH is 1. The minimum atomic E-state index is -0.491. The van der Waals surface area contributed by atoms with Crippen LogP contribution in [0.1, 0.15) is 36.1 Å². The quantitative estimate of drug-likeness (QED) is 0.491. The Hall–Kier alpha value is -3.02. The maximum atomic E-state index is 10.7. The first kappa shape index (κ1) is 19.9. The fourth-order valence-electron chi connectivity index (χ4n) is 4.53. The second-order valence-corrected chi connectivity index (χ2v) is 8.36. The average Bonchev–Trinajstić information content (AvgIpc) is 3.19. The molecule has 5 rings (SSSR count). The number of pyridine rings is 1. The Labute approximate surface area is 182 Å². The average molecular weight is 414 g/mol.